The van der Waals surface area contributed by atoms with Crippen molar-refractivity contribution < 1.29 is 18.7 Å². The smallest absolute Gasteiger partial charge is 0.270 e. The van der Waals surface area contributed by atoms with Crippen LogP contribution in [-0.2, 0) is 11.2 Å². The highest BCUT2D eigenvalue weighted by Gasteiger charge is 2.20. The predicted octanol–water partition coefficient (Wildman–Crippen LogP) is 3.90. The lowest BCUT2D eigenvalue weighted by molar-refractivity contribution is -0.119. The van der Waals surface area contributed by atoms with Crippen molar-refractivity contribution in [1.29, 1.82) is 0 Å². The number of primary amides is 1. The number of pyridine rings is 2. The molecule has 0 aliphatic rings. The summed E-state index contributed by atoms with van der Waals surface area (Å²) < 4.78 is 18.7. The van der Waals surface area contributed by atoms with Crippen LogP contribution in [0.25, 0.3) is 11.3 Å². The van der Waals surface area contributed by atoms with Crippen molar-refractivity contribution >= 4 is 11.8 Å². The summed E-state index contributed by atoms with van der Waals surface area (Å²) in [5.41, 5.74) is 7.75. The van der Waals surface area contributed by atoms with Crippen molar-refractivity contribution in [3.63, 3.8) is 0 Å². The fraction of sp³-hybridized carbons (Fsp3) is 0.0769. The maximum atomic E-state index is 13.0. The average Bonchev–Trinajstić information content (AvgIpc) is 2.86. The van der Waals surface area contributed by atoms with E-state index in [-0.39, 0.29) is 17.9 Å². The Labute approximate surface area is 195 Å². The number of nitrogens with one attached hydrogen (secondary N) is 1. The molecule has 4 aromatic rings. The van der Waals surface area contributed by atoms with Gasteiger partial charge in [0.15, 0.2) is 0 Å². The molecule has 2 heterocycles. The lowest BCUT2D eigenvalue weighted by atomic mass is 10.1. The van der Waals surface area contributed by atoms with Crippen LogP contribution in [0.1, 0.15) is 16.1 Å². The van der Waals surface area contributed by atoms with Crippen LogP contribution in [0, 0.1) is 5.82 Å². The van der Waals surface area contributed by atoms with Crippen LogP contribution in [0.4, 0.5) is 4.39 Å². The number of carbonyl (C=O) groups excluding carboxylic acids is 2. The van der Waals surface area contributed by atoms with Crippen molar-refractivity contribution in [3.8, 4) is 22.8 Å². The Morgan fingerprint density at radius 1 is 0.941 bits per heavy atom. The van der Waals surface area contributed by atoms with Gasteiger partial charge in [0.1, 0.15) is 29.1 Å². The summed E-state index contributed by atoms with van der Waals surface area (Å²) >= 11 is 0. The molecule has 0 saturated carbocycles. The van der Waals surface area contributed by atoms with Crippen LogP contribution < -0.4 is 15.8 Å². The molecule has 0 saturated heterocycles. The molecular formula is C26H21FN4O3. The highest BCUT2D eigenvalue weighted by atomic mass is 19.1. The van der Waals surface area contributed by atoms with E-state index in [9.17, 15) is 14.0 Å². The Morgan fingerprint density at radius 3 is 2.29 bits per heavy atom. The molecule has 1 atom stereocenters. The van der Waals surface area contributed by atoms with E-state index in [2.05, 4.69) is 15.3 Å². The molecular weight excluding hydrogens is 435 g/mol. The molecule has 3 N–H and O–H groups in total. The van der Waals surface area contributed by atoms with Gasteiger partial charge in [-0.1, -0.05) is 12.1 Å². The molecule has 7 nitrogen and oxygen atoms in total. The minimum absolute atomic E-state index is 0.154. The second kappa shape index (κ2) is 10.4. The summed E-state index contributed by atoms with van der Waals surface area (Å²) in [4.78, 5) is 33.1. The molecule has 8 heteroatoms. The van der Waals surface area contributed by atoms with Gasteiger partial charge in [-0.25, -0.2) is 9.37 Å². The minimum atomic E-state index is -0.898. The minimum Gasteiger partial charge on any atom is -0.457 e. The quantitative estimate of drug-likeness (QED) is 0.418. The maximum absolute atomic E-state index is 13.0. The van der Waals surface area contributed by atoms with Gasteiger partial charge in [-0.05, 0) is 72.3 Å². The number of rotatable bonds is 8. The van der Waals surface area contributed by atoms with Gasteiger partial charge >= 0.3 is 0 Å². The van der Waals surface area contributed by atoms with Crippen molar-refractivity contribution in [2.45, 2.75) is 12.5 Å². The van der Waals surface area contributed by atoms with E-state index in [0.29, 0.717) is 17.2 Å². The summed E-state index contributed by atoms with van der Waals surface area (Å²) in [5, 5.41) is 2.65. The van der Waals surface area contributed by atoms with Crippen molar-refractivity contribution in [2.24, 2.45) is 5.73 Å². The number of aromatic nitrogens is 2. The maximum Gasteiger partial charge on any atom is 0.270 e. The Balaban J connectivity index is 1.45. The van der Waals surface area contributed by atoms with Gasteiger partial charge in [-0.3, -0.25) is 14.6 Å². The molecule has 170 valence electrons. The highest BCUT2D eigenvalue weighted by Crippen LogP contribution is 2.25. The fourth-order valence-corrected chi connectivity index (χ4v) is 3.26. The van der Waals surface area contributed by atoms with E-state index in [0.717, 1.165) is 11.1 Å². The summed E-state index contributed by atoms with van der Waals surface area (Å²) in [6.07, 6.45) is 3.47. The SMILES string of the molecule is NC(=O)[C@H](Cc1cccnc1)NC(=O)c1cccc(-c2ccc(Oc3ccc(F)cc3)cc2)n1. The van der Waals surface area contributed by atoms with E-state index in [1.807, 2.05) is 0 Å². The first-order valence-corrected chi connectivity index (χ1v) is 10.5. The normalized spacial score (nSPS) is 11.4. The number of hydrogen-bond acceptors (Lipinski definition) is 5. The van der Waals surface area contributed by atoms with Crippen LogP contribution in [0.15, 0.2) is 91.3 Å². The van der Waals surface area contributed by atoms with Crippen LogP contribution in [-0.4, -0.2) is 27.8 Å². The third-order valence-electron chi connectivity index (χ3n) is 4.99. The molecule has 0 aliphatic carbocycles. The summed E-state index contributed by atoms with van der Waals surface area (Å²) in [6, 6.07) is 20.5. The van der Waals surface area contributed by atoms with Gasteiger partial charge in [-0.2, -0.15) is 0 Å². The van der Waals surface area contributed by atoms with Crippen LogP contribution >= 0.6 is 0 Å². The number of halogens is 1. The standard InChI is InChI=1S/C26H21FN4O3/c27-19-8-12-21(13-9-19)34-20-10-6-18(7-11-20)22-4-1-5-23(30-22)26(33)31-24(25(28)32)15-17-3-2-14-29-16-17/h1-14,16,24H,15H2,(H2,28,32)(H,31,33)/t24-/m0/s1. The topological polar surface area (TPSA) is 107 Å². The molecule has 34 heavy (non-hydrogen) atoms. The van der Waals surface area contributed by atoms with E-state index in [4.69, 9.17) is 10.5 Å². The Morgan fingerprint density at radius 2 is 1.65 bits per heavy atom. The zero-order valence-corrected chi connectivity index (χ0v) is 18.0. The molecule has 0 aliphatic heterocycles. The lowest BCUT2D eigenvalue weighted by Gasteiger charge is -2.15. The van der Waals surface area contributed by atoms with Gasteiger partial charge in [0.25, 0.3) is 5.91 Å². The third kappa shape index (κ3) is 5.80. The molecule has 0 fully saturated rings. The molecule has 0 spiro atoms. The van der Waals surface area contributed by atoms with E-state index in [1.54, 1.807) is 79.1 Å². The number of benzene rings is 2. The third-order valence-corrected chi connectivity index (χ3v) is 4.99. The second-order valence-corrected chi connectivity index (χ2v) is 7.48. The molecule has 0 unspecified atom stereocenters. The van der Waals surface area contributed by atoms with E-state index >= 15 is 0 Å². The molecule has 2 aromatic carbocycles. The number of carbonyl (C=O) groups is 2. The van der Waals surface area contributed by atoms with Gasteiger partial charge in [-0.15, -0.1) is 0 Å². The molecule has 4 rings (SSSR count). The largest absolute Gasteiger partial charge is 0.457 e. The zero-order chi connectivity index (χ0) is 23.9. The Kier molecular flexibility index (Phi) is 6.88. The fourth-order valence-electron chi connectivity index (χ4n) is 3.26. The van der Waals surface area contributed by atoms with Gasteiger partial charge in [0.05, 0.1) is 5.69 Å². The molecule has 0 bridgehead atoms. The van der Waals surface area contributed by atoms with Gasteiger partial charge < -0.3 is 15.8 Å². The number of nitrogens with zero attached hydrogens (tertiary/aromatic N) is 2. The van der Waals surface area contributed by atoms with Crippen molar-refractivity contribution in [3.05, 3.63) is 108 Å². The summed E-state index contributed by atoms with van der Waals surface area (Å²) in [5.74, 6) is -0.405. The number of amides is 2. The molecule has 2 amide bonds. The average molecular weight is 456 g/mol. The van der Waals surface area contributed by atoms with Crippen LogP contribution in [0.2, 0.25) is 0 Å². The number of nitrogens with two attached hydrogens (primary N) is 1. The monoisotopic (exact) mass is 456 g/mol. The Hall–Kier alpha value is -4.59. The Bertz CT molecular complexity index is 1280. The van der Waals surface area contributed by atoms with Crippen LogP contribution in [0.5, 0.6) is 11.5 Å². The first kappa shape index (κ1) is 22.6. The van der Waals surface area contributed by atoms with E-state index < -0.39 is 17.9 Å². The van der Waals surface area contributed by atoms with Gasteiger partial charge in [0.2, 0.25) is 5.91 Å². The summed E-state index contributed by atoms with van der Waals surface area (Å²) in [7, 11) is 0. The summed E-state index contributed by atoms with van der Waals surface area (Å²) in [6.45, 7) is 0. The molecule has 2 aromatic heterocycles. The van der Waals surface area contributed by atoms with Crippen molar-refractivity contribution in [1.82, 2.24) is 15.3 Å². The first-order chi connectivity index (χ1) is 16.5. The number of hydrogen-bond donors (Lipinski definition) is 2. The molecule has 0 radical (unpaired) electrons. The zero-order valence-electron chi connectivity index (χ0n) is 18.0. The second-order valence-electron chi connectivity index (χ2n) is 7.48. The lowest BCUT2D eigenvalue weighted by Crippen LogP contribution is -2.46. The van der Waals surface area contributed by atoms with E-state index in [1.165, 1.54) is 12.1 Å². The highest BCUT2D eigenvalue weighted by molar-refractivity contribution is 5.96. The first-order valence-electron chi connectivity index (χ1n) is 10.5. The predicted molar refractivity (Wildman–Crippen MR) is 125 cm³/mol. The van der Waals surface area contributed by atoms with Gasteiger partial charge in [0, 0.05) is 24.4 Å². The number of ether oxygens (including phenoxy) is 1. The van der Waals surface area contributed by atoms with Crippen LogP contribution in [0.3, 0.4) is 0 Å². The van der Waals surface area contributed by atoms with Crippen molar-refractivity contribution in [2.75, 3.05) is 0 Å².